The third-order valence-corrected chi connectivity index (χ3v) is 3.72. The van der Waals surface area contributed by atoms with Gasteiger partial charge in [-0.05, 0) is 18.9 Å². The summed E-state index contributed by atoms with van der Waals surface area (Å²) in [4.78, 5) is 12.3. The second-order valence-corrected chi connectivity index (χ2v) is 4.87. The average Bonchev–Trinajstić information content (AvgIpc) is 2.46. The first-order chi connectivity index (χ1) is 9.18. The monoisotopic (exact) mass is 302 g/mol. The highest BCUT2D eigenvalue weighted by molar-refractivity contribution is 5.85. The van der Waals surface area contributed by atoms with Gasteiger partial charge in [-0.2, -0.15) is 0 Å². The maximum atomic E-state index is 13.5. The predicted octanol–water partition coefficient (Wildman–Crippen LogP) is 1.62. The van der Waals surface area contributed by atoms with Crippen molar-refractivity contribution in [3.63, 3.8) is 0 Å². The van der Waals surface area contributed by atoms with E-state index in [2.05, 4.69) is 5.32 Å². The highest BCUT2D eigenvalue weighted by atomic mass is 35.5. The Morgan fingerprint density at radius 3 is 2.60 bits per heavy atom. The molecule has 4 nitrogen and oxygen atoms in total. The molecule has 1 aromatic carbocycles. The zero-order valence-electron chi connectivity index (χ0n) is 11.2. The first-order valence-electron chi connectivity index (χ1n) is 6.47. The predicted molar refractivity (Wildman–Crippen MR) is 77.0 cm³/mol. The minimum atomic E-state index is -0.566. The molecular formula is C14H20ClFN2O2. The average molecular weight is 303 g/mol. The van der Waals surface area contributed by atoms with Gasteiger partial charge in [0.1, 0.15) is 5.82 Å². The van der Waals surface area contributed by atoms with Gasteiger partial charge in [0.25, 0.3) is 0 Å². The third kappa shape index (κ3) is 3.69. The van der Waals surface area contributed by atoms with Gasteiger partial charge >= 0.3 is 0 Å². The van der Waals surface area contributed by atoms with Crippen LogP contribution in [-0.4, -0.2) is 25.7 Å². The van der Waals surface area contributed by atoms with E-state index in [1.54, 1.807) is 18.2 Å². The molecule has 0 atom stereocenters. The van der Waals surface area contributed by atoms with E-state index in [0.29, 0.717) is 38.2 Å². The number of halogens is 2. The van der Waals surface area contributed by atoms with Crippen molar-refractivity contribution >= 4 is 18.3 Å². The fourth-order valence-electron chi connectivity index (χ4n) is 2.29. The van der Waals surface area contributed by atoms with Crippen molar-refractivity contribution in [2.45, 2.75) is 19.4 Å². The summed E-state index contributed by atoms with van der Waals surface area (Å²) in [5.41, 5.74) is 5.66. The van der Waals surface area contributed by atoms with E-state index in [9.17, 15) is 9.18 Å². The molecule has 6 heteroatoms. The Morgan fingerprint density at radius 1 is 1.35 bits per heavy atom. The number of hydrogen-bond acceptors (Lipinski definition) is 3. The van der Waals surface area contributed by atoms with Gasteiger partial charge < -0.3 is 15.8 Å². The second kappa shape index (κ2) is 7.57. The standard InChI is InChI=1S/C14H19FN2O2.ClH/c15-12-4-2-1-3-11(12)9-17-13(18)14(10-16)5-7-19-8-6-14;/h1-4H,5-10,16H2,(H,17,18);1H. The smallest absolute Gasteiger partial charge is 0.227 e. The van der Waals surface area contributed by atoms with E-state index >= 15 is 0 Å². The second-order valence-electron chi connectivity index (χ2n) is 4.87. The molecule has 2 rings (SSSR count). The summed E-state index contributed by atoms with van der Waals surface area (Å²) in [5.74, 6) is -0.418. The minimum Gasteiger partial charge on any atom is -0.381 e. The summed E-state index contributed by atoms with van der Waals surface area (Å²) in [6.45, 7) is 1.57. The highest BCUT2D eigenvalue weighted by Gasteiger charge is 2.38. The van der Waals surface area contributed by atoms with Crippen LogP contribution in [0.25, 0.3) is 0 Å². The maximum Gasteiger partial charge on any atom is 0.227 e. The van der Waals surface area contributed by atoms with Crippen LogP contribution in [-0.2, 0) is 16.1 Å². The van der Waals surface area contributed by atoms with E-state index in [1.807, 2.05) is 0 Å². The van der Waals surface area contributed by atoms with Crippen molar-refractivity contribution < 1.29 is 13.9 Å². The molecule has 1 fully saturated rings. The van der Waals surface area contributed by atoms with Gasteiger partial charge in [0, 0.05) is 31.9 Å². The van der Waals surface area contributed by atoms with Crippen LogP contribution < -0.4 is 11.1 Å². The largest absolute Gasteiger partial charge is 0.381 e. The van der Waals surface area contributed by atoms with Crippen LogP contribution >= 0.6 is 12.4 Å². The summed E-state index contributed by atoms with van der Waals surface area (Å²) in [6.07, 6.45) is 1.24. The number of amides is 1. The number of benzene rings is 1. The topological polar surface area (TPSA) is 64.4 Å². The van der Waals surface area contributed by atoms with E-state index in [1.165, 1.54) is 6.07 Å². The lowest BCUT2D eigenvalue weighted by molar-refractivity contribution is -0.136. The van der Waals surface area contributed by atoms with Gasteiger partial charge in [-0.1, -0.05) is 18.2 Å². The molecule has 0 bridgehead atoms. The first kappa shape index (κ1) is 16.9. The molecule has 1 aliphatic heterocycles. The van der Waals surface area contributed by atoms with Crippen molar-refractivity contribution in [2.24, 2.45) is 11.1 Å². The number of ether oxygens (including phenoxy) is 1. The molecular weight excluding hydrogens is 283 g/mol. The van der Waals surface area contributed by atoms with E-state index in [0.717, 1.165) is 0 Å². The summed E-state index contributed by atoms with van der Waals surface area (Å²) < 4.78 is 18.7. The van der Waals surface area contributed by atoms with Crippen molar-refractivity contribution in [1.82, 2.24) is 5.32 Å². The Morgan fingerprint density at radius 2 is 2.00 bits per heavy atom. The fraction of sp³-hybridized carbons (Fsp3) is 0.500. The zero-order chi connectivity index (χ0) is 13.7. The number of nitrogens with two attached hydrogens (primary N) is 1. The Hall–Kier alpha value is -1.17. The van der Waals surface area contributed by atoms with Crippen molar-refractivity contribution in [2.75, 3.05) is 19.8 Å². The van der Waals surface area contributed by atoms with E-state index < -0.39 is 5.41 Å². The molecule has 112 valence electrons. The number of carbonyl (C=O) groups is 1. The van der Waals surface area contributed by atoms with E-state index in [4.69, 9.17) is 10.5 Å². The van der Waals surface area contributed by atoms with Gasteiger partial charge in [0.05, 0.1) is 5.41 Å². The molecule has 0 aromatic heterocycles. The van der Waals surface area contributed by atoms with Crippen molar-refractivity contribution in [3.8, 4) is 0 Å². The molecule has 1 heterocycles. The summed E-state index contributed by atoms with van der Waals surface area (Å²) >= 11 is 0. The van der Waals surface area contributed by atoms with E-state index in [-0.39, 0.29) is 30.7 Å². The lowest BCUT2D eigenvalue weighted by Crippen LogP contribution is -2.49. The Balaban J connectivity index is 0.00000200. The van der Waals surface area contributed by atoms with Crippen LogP contribution in [0.15, 0.2) is 24.3 Å². The van der Waals surface area contributed by atoms with Crippen LogP contribution in [0.1, 0.15) is 18.4 Å². The summed E-state index contributed by atoms with van der Waals surface area (Å²) in [5, 5.41) is 2.79. The van der Waals surface area contributed by atoms with Crippen LogP contribution in [0.3, 0.4) is 0 Å². The minimum absolute atomic E-state index is 0. The molecule has 1 saturated heterocycles. The molecule has 1 aromatic rings. The number of carbonyl (C=O) groups excluding carboxylic acids is 1. The molecule has 3 N–H and O–H groups in total. The maximum absolute atomic E-state index is 13.5. The molecule has 0 radical (unpaired) electrons. The van der Waals surface area contributed by atoms with Crippen molar-refractivity contribution in [3.05, 3.63) is 35.6 Å². The molecule has 1 amide bonds. The molecule has 0 spiro atoms. The van der Waals surface area contributed by atoms with Crippen LogP contribution in [0, 0.1) is 11.2 Å². The molecule has 0 saturated carbocycles. The fourth-order valence-corrected chi connectivity index (χ4v) is 2.29. The molecule has 0 aliphatic carbocycles. The normalized spacial score (nSPS) is 17.1. The molecule has 20 heavy (non-hydrogen) atoms. The Labute approximate surface area is 124 Å². The quantitative estimate of drug-likeness (QED) is 0.888. The van der Waals surface area contributed by atoms with Gasteiger partial charge in [0.2, 0.25) is 5.91 Å². The Kier molecular flexibility index (Phi) is 6.39. The highest BCUT2D eigenvalue weighted by Crippen LogP contribution is 2.29. The third-order valence-electron chi connectivity index (χ3n) is 3.72. The summed E-state index contributed by atoms with van der Waals surface area (Å²) in [7, 11) is 0. The zero-order valence-corrected chi connectivity index (χ0v) is 12.0. The van der Waals surface area contributed by atoms with Gasteiger partial charge in [0.15, 0.2) is 0 Å². The van der Waals surface area contributed by atoms with Crippen LogP contribution in [0.5, 0.6) is 0 Å². The lowest BCUT2D eigenvalue weighted by Gasteiger charge is -2.34. The van der Waals surface area contributed by atoms with Crippen molar-refractivity contribution in [1.29, 1.82) is 0 Å². The Bertz CT molecular complexity index is 451. The SMILES string of the molecule is Cl.NCC1(C(=O)NCc2ccccc2F)CCOCC1. The van der Waals surface area contributed by atoms with Gasteiger partial charge in [-0.25, -0.2) is 4.39 Å². The number of hydrogen-bond donors (Lipinski definition) is 2. The van der Waals surface area contributed by atoms with Crippen LogP contribution in [0.2, 0.25) is 0 Å². The first-order valence-corrected chi connectivity index (χ1v) is 6.47. The molecule has 1 aliphatic rings. The summed E-state index contributed by atoms with van der Waals surface area (Å²) in [6, 6.07) is 6.42. The number of rotatable bonds is 4. The van der Waals surface area contributed by atoms with Gasteiger partial charge in [-0.15, -0.1) is 12.4 Å². The molecule has 0 unspecified atom stereocenters. The van der Waals surface area contributed by atoms with Gasteiger partial charge in [-0.3, -0.25) is 4.79 Å². The number of nitrogens with one attached hydrogen (secondary N) is 1. The lowest BCUT2D eigenvalue weighted by atomic mass is 9.79. The van der Waals surface area contributed by atoms with Crippen LogP contribution in [0.4, 0.5) is 4.39 Å².